The molecule has 0 saturated heterocycles. The van der Waals surface area contributed by atoms with Crippen LogP contribution in [0.5, 0.6) is 0 Å². The van der Waals surface area contributed by atoms with Crippen molar-refractivity contribution in [3.05, 3.63) is 76.3 Å². The van der Waals surface area contributed by atoms with E-state index in [4.69, 9.17) is 23.2 Å². The lowest BCUT2D eigenvalue weighted by molar-refractivity contribution is 0.628. The molecule has 0 atom stereocenters. The van der Waals surface area contributed by atoms with Crippen molar-refractivity contribution < 1.29 is 8.78 Å². The van der Waals surface area contributed by atoms with Crippen LogP contribution in [0.15, 0.2) is 54.6 Å². The van der Waals surface area contributed by atoms with Crippen LogP contribution in [0.2, 0.25) is 10.0 Å². The monoisotopic (exact) mass is 365 g/mol. The first-order valence-corrected chi connectivity index (χ1v) is 8.81. The summed E-state index contributed by atoms with van der Waals surface area (Å²) in [5.74, 6) is -0.682. The van der Waals surface area contributed by atoms with Crippen LogP contribution in [0.1, 0.15) is 0 Å². The zero-order valence-corrected chi connectivity index (χ0v) is 13.9. The number of hydrogen-bond acceptors (Lipinski definition) is 0. The number of hydrogen-bond donors (Lipinski definition) is 0. The molecule has 0 aliphatic rings. The standard InChI is InChI=1S/C18H9Cl2F2S/c19-10-1-4-18(15(20)7-10)23-16-5-2-11(21)8-13(16)14-9-12(22)3-6-17(14)23/h1-9H/q+1. The van der Waals surface area contributed by atoms with E-state index in [9.17, 15) is 8.78 Å². The van der Waals surface area contributed by atoms with Crippen LogP contribution in [0.3, 0.4) is 0 Å². The predicted octanol–water partition coefficient (Wildman–Crippen LogP) is 7.32. The van der Waals surface area contributed by atoms with Crippen molar-refractivity contribution in [2.24, 2.45) is 0 Å². The molecule has 0 fully saturated rings. The summed E-state index contributed by atoms with van der Waals surface area (Å²) in [6, 6.07) is 14.6. The molecule has 0 nitrogen and oxygen atoms in total. The zero-order valence-electron chi connectivity index (χ0n) is 11.6. The highest BCUT2D eigenvalue weighted by Crippen LogP contribution is 2.51. The van der Waals surface area contributed by atoms with Crippen molar-refractivity contribution in [2.45, 2.75) is 0 Å². The molecule has 1 heterocycles. The summed E-state index contributed by atoms with van der Waals surface area (Å²) in [4.78, 5) is 0.897. The van der Waals surface area contributed by atoms with Gasteiger partial charge in [0.1, 0.15) is 16.7 Å². The fourth-order valence-electron chi connectivity index (χ4n) is 2.78. The van der Waals surface area contributed by atoms with Crippen LogP contribution >= 0.6 is 33.7 Å². The van der Waals surface area contributed by atoms with Crippen molar-refractivity contribution >= 4 is 53.8 Å². The minimum atomic E-state index is -0.501. The molecule has 5 heteroatoms. The van der Waals surface area contributed by atoms with Crippen LogP contribution in [-0.2, 0) is 0 Å². The molecular weight excluding hydrogens is 357 g/mol. The Kier molecular flexibility index (Phi) is 3.52. The van der Waals surface area contributed by atoms with Gasteiger partial charge in [-0.3, -0.25) is 0 Å². The maximum absolute atomic E-state index is 13.7. The maximum Gasteiger partial charge on any atom is 0.198 e. The number of rotatable bonds is 1. The molecule has 0 aliphatic heterocycles. The highest BCUT2D eigenvalue weighted by atomic mass is 35.5. The van der Waals surface area contributed by atoms with Gasteiger partial charge in [-0.1, -0.05) is 23.2 Å². The summed E-state index contributed by atoms with van der Waals surface area (Å²) in [7, 11) is -0.501. The van der Waals surface area contributed by atoms with E-state index in [-0.39, 0.29) is 11.6 Å². The van der Waals surface area contributed by atoms with E-state index in [2.05, 4.69) is 0 Å². The lowest BCUT2D eigenvalue weighted by Gasteiger charge is -1.97. The predicted molar refractivity (Wildman–Crippen MR) is 95.2 cm³/mol. The molecule has 114 valence electrons. The third-order valence-electron chi connectivity index (χ3n) is 3.73. The Morgan fingerprint density at radius 1 is 0.696 bits per heavy atom. The number of thiophene rings is 1. The molecule has 0 bridgehead atoms. The summed E-state index contributed by atoms with van der Waals surface area (Å²) in [5, 5.41) is 2.54. The summed E-state index contributed by atoms with van der Waals surface area (Å²) >= 11 is 12.4. The van der Waals surface area contributed by atoms with Crippen molar-refractivity contribution in [1.82, 2.24) is 0 Å². The largest absolute Gasteiger partial charge is 0.207 e. The molecule has 0 N–H and O–H groups in total. The molecule has 3 aromatic carbocycles. The molecule has 4 rings (SSSR count). The minimum absolute atomic E-state index is 0.341. The molecule has 0 amide bonds. The van der Waals surface area contributed by atoms with Crippen molar-refractivity contribution in [2.75, 3.05) is 0 Å². The van der Waals surface area contributed by atoms with Crippen LogP contribution in [0.4, 0.5) is 8.78 Å². The molecule has 0 aliphatic carbocycles. The van der Waals surface area contributed by atoms with E-state index >= 15 is 0 Å². The highest BCUT2D eigenvalue weighted by molar-refractivity contribution is 7.50. The quantitative estimate of drug-likeness (QED) is 0.310. The third kappa shape index (κ3) is 2.40. The average molecular weight is 366 g/mol. The molecule has 23 heavy (non-hydrogen) atoms. The molecule has 0 radical (unpaired) electrons. The van der Waals surface area contributed by atoms with E-state index in [1.807, 2.05) is 6.07 Å². The van der Waals surface area contributed by atoms with E-state index < -0.39 is 10.5 Å². The lowest BCUT2D eigenvalue weighted by Crippen LogP contribution is -1.75. The SMILES string of the molecule is Fc1ccc2c(c1)c1cc(F)ccc1[s+]2-c1ccc(Cl)cc1Cl. The zero-order chi connectivity index (χ0) is 16.1. The molecule has 1 aromatic heterocycles. The van der Waals surface area contributed by atoms with Crippen LogP contribution in [0, 0.1) is 11.6 Å². The van der Waals surface area contributed by atoms with Gasteiger partial charge in [-0.25, -0.2) is 8.78 Å². The first-order chi connectivity index (χ1) is 11.0. The molecule has 4 aromatic rings. The van der Waals surface area contributed by atoms with E-state index in [0.29, 0.717) is 20.8 Å². The minimum Gasteiger partial charge on any atom is -0.207 e. The third-order valence-corrected chi connectivity index (χ3v) is 6.77. The van der Waals surface area contributed by atoms with Gasteiger partial charge in [0.05, 0.1) is 10.8 Å². The van der Waals surface area contributed by atoms with Gasteiger partial charge in [0.2, 0.25) is 0 Å². The summed E-state index contributed by atoms with van der Waals surface area (Å²) in [6.07, 6.45) is 0. The van der Waals surface area contributed by atoms with E-state index in [1.54, 1.807) is 24.3 Å². The topological polar surface area (TPSA) is 0 Å². The van der Waals surface area contributed by atoms with E-state index in [1.165, 1.54) is 24.3 Å². The fraction of sp³-hybridized carbons (Fsp3) is 0. The lowest BCUT2D eigenvalue weighted by atomic mass is 10.1. The molecule has 0 spiro atoms. The fourth-order valence-corrected chi connectivity index (χ4v) is 5.77. The first-order valence-electron chi connectivity index (χ1n) is 6.83. The van der Waals surface area contributed by atoms with Crippen molar-refractivity contribution in [1.29, 1.82) is 0 Å². The second-order valence-electron chi connectivity index (χ2n) is 5.16. The summed E-state index contributed by atoms with van der Waals surface area (Å²) in [5.41, 5.74) is 0. The van der Waals surface area contributed by atoms with Crippen molar-refractivity contribution in [3.8, 4) is 4.90 Å². The molecule has 0 saturated carbocycles. The van der Waals surface area contributed by atoms with Gasteiger partial charge in [-0.05, 0) is 36.4 Å². The second kappa shape index (κ2) is 5.45. The molecule has 0 unspecified atom stereocenters. The second-order valence-corrected chi connectivity index (χ2v) is 7.94. The number of halogens is 4. The van der Waals surface area contributed by atoms with Gasteiger partial charge in [0.25, 0.3) is 0 Å². The van der Waals surface area contributed by atoms with Gasteiger partial charge in [0.15, 0.2) is 14.3 Å². The van der Waals surface area contributed by atoms with Gasteiger partial charge in [-0.2, -0.15) is 0 Å². The maximum atomic E-state index is 13.7. The summed E-state index contributed by atoms with van der Waals surface area (Å²) in [6.45, 7) is 0. The Balaban J connectivity index is 2.20. The number of benzene rings is 3. The Labute approximate surface area is 143 Å². The Morgan fingerprint density at radius 3 is 1.78 bits per heavy atom. The van der Waals surface area contributed by atoms with Crippen LogP contribution in [0.25, 0.3) is 25.1 Å². The van der Waals surface area contributed by atoms with Gasteiger partial charge < -0.3 is 0 Å². The summed E-state index contributed by atoms with van der Waals surface area (Å²) < 4.78 is 29.3. The van der Waals surface area contributed by atoms with Gasteiger partial charge >= 0.3 is 0 Å². The van der Waals surface area contributed by atoms with Crippen LogP contribution < -0.4 is 0 Å². The first kappa shape index (κ1) is 14.9. The Hall–Kier alpha value is -1.68. The van der Waals surface area contributed by atoms with Gasteiger partial charge in [0, 0.05) is 33.7 Å². The Morgan fingerprint density at radius 2 is 1.26 bits per heavy atom. The smallest absolute Gasteiger partial charge is 0.198 e. The average Bonchev–Trinajstić information content (AvgIpc) is 2.81. The highest BCUT2D eigenvalue weighted by Gasteiger charge is 2.26. The Bertz CT molecular complexity index is 1010. The van der Waals surface area contributed by atoms with Crippen molar-refractivity contribution in [3.63, 3.8) is 0 Å². The van der Waals surface area contributed by atoms with E-state index in [0.717, 1.165) is 14.3 Å². The number of fused-ring (bicyclic) bond motifs is 3. The molecular formula is C18H9Cl2F2S+. The normalized spacial score (nSPS) is 11.5. The van der Waals surface area contributed by atoms with Gasteiger partial charge in [-0.15, -0.1) is 0 Å². The van der Waals surface area contributed by atoms with Crippen LogP contribution in [-0.4, -0.2) is 0 Å².